The number of aromatic nitrogens is 3. The summed E-state index contributed by atoms with van der Waals surface area (Å²) in [6.45, 7) is 9.04. The summed E-state index contributed by atoms with van der Waals surface area (Å²) < 4.78 is 0. The number of allylic oxidation sites excluding steroid dienone is 1. The second-order valence-electron chi connectivity index (χ2n) is 4.69. The number of nitrogen functional groups attached to an aromatic ring is 1. The van der Waals surface area contributed by atoms with Crippen LogP contribution in [0, 0.1) is 5.92 Å². The lowest BCUT2D eigenvalue weighted by Crippen LogP contribution is -2.11. The van der Waals surface area contributed by atoms with Gasteiger partial charge in [-0.25, -0.2) is 0 Å². The third-order valence-electron chi connectivity index (χ3n) is 2.06. The molecule has 3 N–H and O–H groups in total. The third-order valence-corrected chi connectivity index (χ3v) is 2.06. The van der Waals surface area contributed by atoms with E-state index in [4.69, 9.17) is 5.73 Å². The number of hydrogen-bond acceptors (Lipinski definition) is 5. The Bertz CT molecular complexity index is 394. The highest BCUT2D eigenvalue weighted by Gasteiger charge is 2.05. The lowest BCUT2D eigenvalue weighted by atomic mass is 10.1. The van der Waals surface area contributed by atoms with Gasteiger partial charge in [0.05, 0.1) is 0 Å². The maximum atomic E-state index is 5.65. The van der Waals surface area contributed by atoms with Crippen LogP contribution in [-0.4, -0.2) is 21.5 Å². The van der Waals surface area contributed by atoms with Gasteiger partial charge < -0.3 is 11.1 Å². The van der Waals surface area contributed by atoms with Crippen LogP contribution < -0.4 is 11.1 Å². The Hall–Kier alpha value is -1.65. The Morgan fingerprint density at radius 1 is 1.29 bits per heavy atom. The molecule has 0 aliphatic carbocycles. The van der Waals surface area contributed by atoms with Crippen LogP contribution in [0.5, 0.6) is 0 Å². The van der Waals surface area contributed by atoms with Gasteiger partial charge in [-0.05, 0) is 19.8 Å². The highest BCUT2D eigenvalue weighted by Crippen LogP contribution is 2.07. The van der Waals surface area contributed by atoms with Crippen molar-refractivity contribution in [3.63, 3.8) is 0 Å². The van der Waals surface area contributed by atoms with Crippen molar-refractivity contribution < 1.29 is 0 Å². The van der Waals surface area contributed by atoms with Crippen LogP contribution in [0.3, 0.4) is 0 Å². The molecule has 0 aliphatic heterocycles. The van der Waals surface area contributed by atoms with E-state index in [-0.39, 0.29) is 5.95 Å². The van der Waals surface area contributed by atoms with E-state index in [2.05, 4.69) is 40.2 Å². The van der Waals surface area contributed by atoms with Crippen LogP contribution in [0.2, 0.25) is 0 Å². The van der Waals surface area contributed by atoms with Crippen molar-refractivity contribution in [1.29, 1.82) is 0 Å². The van der Waals surface area contributed by atoms with Crippen LogP contribution >= 0.6 is 0 Å². The quantitative estimate of drug-likeness (QED) is 0.764. The lowest BCUT2D eigenvalue weighted by molar-refractivity contribution is 0.619. The lowest BCUT2D eigenvalue weighted by Gasteiger charge is -2.07. The number of nitrogens with one attached hydrogen (secondary N) is 1. The molecule has 0 spiro atoms. The maximum Gasteiger partial charge on any atom is 0.227 e. The topological polar surface area (TPSA) is 76.7 Å². The minimum atomic E-state index is 0.273. The molecule has 0 aromatic carbocycles. The van der Waals surface area contributed by atoms with E-state index in [0.717, 1.165) is 12.2 Å². The van der Waals surface area contributed by atoms with E-state index in [0.29, 0.717) is 18.4 Å². The van der Waals surface area contributed by atoms with Gasteiger partial charge in [-0.2, -0.15) is 15.0 Å². The molecule has 5 heteroatoms. The summed E-state index contributed by atoms with van der Waals surface area (Å²) in [5.41, 5.74) is 6.90. The van der Waals surface area contributed by atoms with Crippen LogP contribution in [0.4, 0.5) is 11.9 Å². The summed E-state index contributed by atoms with van der Waals surface area (Å²) >= 11 is 0. The molecule has 0 radical (unpaired) electrons. The van der Waals surface area contributed by atoms with E-state index in [1.807, 2.05) is 13.8 Å². The number of hydrogen-bond donors (Lipinski definition) is 2. The molecule has 1 rings (SSSR count). The summed E-state index contributed by atoms with van der Waals surface area (Å²) in [7, 11) is 0. The maximum absolute atomic E-state index is 5.65. The Kier molecular flexibility index (Phi) is 4.87. The molecule has 1 aromatic rings. The second-order valence-corrected chi connectivity index (χ2v) is 4.69. The summed E-state index contributed by atoms with van der Waals surface area (Å²) in [5, 5.41) is 3.11. The van der Waals surface area contributed by atoms with Crippen molar-refractivity contribution in [2.45, 2.75) is 34.1 Å². The Labute approximate surface area is 103 Å². The van der Waals surface area contributed by atoms with E-state index >= 15 is 0 Å². The van der Waals surface area contributed by atoms with Crippen molar-refractivity contribution in [3.8, 4) is 0 Å². The number of anilines is 2. The Morgan fingerprint density at radius 2 is 2.00 bits per heavy atom. The van der Waals surface area contributed by atoms with E-state index in [1.54, 1.807) is 0 Å². The second kappa shape index (κ2) is 6.18. The van der Waals surface area contributed by atoms with Crippen LogP contribution in [0.1, 0.15) is 33.5 Å². The molecule has 0 saturated carbocycles. The van der Waals surface area contributed by atoms with Gasteiger partial charge in [-0.1, -0.05) is 25.5 Å². The molecular weight excluding hydrogens is 214 g/mol. The first-order chi connectivity index (χ1) is 7.97. The zero-order chi connectivity index (χ0) is 12.8. The fourth-order valence-corrected chi connectivity index (χ4v) is 1.32. The normalized spacial score (nSPS) is 10.4. The first-order valence-electron chi connectivity index (χ1n) is 5.85. The molecule has 1 aromatic heterocycles. The fourth-order valence-electron chi connectivity index (χ4n) is 1.32. The van der Waals surface area contributed by atoms with Crippen LogP contribution in [0.15, 0.2) is 11.6 Å². The standard InChI is InChI=1S/C12H21N5/c1-8(2)5-6-14-12-16-10(7-9(3)4)15-11(13)17-12/h5,9H,6-7H2,1-4H3,(H3,13,14,15,16,17). The molecule has 17 heavy (non-hydrogen) atoms. The minimum Gasteiger partial charge on any atom is -0.368 e. The molecule has 5 nitrogen and oxygen atoms in total. The summed E-state index contributed by atoms with van der Waals surface area (Å²) in [6, 6.07) is 0. The Morgan fingerprint density at radius 3 is 2.59 bits per heavy atom. The number of rotatable bonds is 5. The summed E-state index contributed by atoms with van der Waals surface area (Å²) in [6.07, 6.45) is 2.88. The van der Waals surface area contributed by atoms with Gasteiger partial charge in [0.2, 0.25) is 11.9 Å². The summed E-state index contributed by atoms with van der Waals surface area (Å²) in [4.78, 5) is 12.5. The molecule has 0 saturated heterocycles. The monoisotopic (exact) mass is 235 g/mol. The molecule has 0 unspecified atom stereocenters. The molecule has 94 valence electrons. The fraction of sp³-hybridized carbons (Fsp3) is 0.583. The zero-order valence-electron chi connectivity index (χ0n) is 11.0. The molecule has 0 fully saturated rings. The average molecular weight is 235 g/mol. The largest absolute Gasteiger partial charge is 0.368 e. The smallest absolute Gasteiger partial charge is 0.227 e. The van der Waals surface area contributed by atoms with Crippen LogP contribution in [0.25, 0.3) is 0 Å². The third kappa shape index (κ3) is 5.29. The predicted octanol–water partition coefficient (Wildman–Crippen LogP) is 2.03. The highest BCUT2D eigenvalue weighted by molar-refractivity contribution is 5.31. The van der Waals surface area contributed by atoms with E-state index in [1.165, 1.54) is 5.57 Å². The van der Waals surface area contributed by atoms with Crippen molar-refractivity contribution in [3.05, 3.63) is 17.5 Å². The highest BCUT2D eigenvalue weighted by atomic mass is 15.2. The molecule has 0 amide bonds. The zero-order valence-corrected chi connectivity index (χ0v) is 11.0. The number of nitrogens with two attached hydrogens (primary N) is 1. The molecule has 1 heterocycles. The van der Waals surface area contributed by atoms with Gasteiger partial charge in [0, 0.05) is 13.0 Å². The summed E-state index contributed by atoms with van der Waals surface area (Å²) in [5.74, 6) is 2.07. The minimum absolute atomic E-state index is 0.273. The van der Waals surface area contributed by atoms with Gasteiger partial charge in [-0.15, -0.1) is 0 Å². The Balaban J connectivity index is 2.72. The van der Waals surface area contributed by atoms with Crippen molar-refractivity contribution in [2.24, 2.45) is 5.92 Å². The van der Waals surface area contributed by atoms with E-state index < -0.39 is 0 Å². The van der Waals surface area contributed by atoms with Crippen molar-refractivity contribution in [2.75, 3.05) is 17.6 Å². The number of nitrogens with zero attached hydrogens (tertiary/aromatic N) is 3. The van der Waals surface area contributed by atoms with Crippen LogP contribution in [-0.2, 0) is 6.42 Å². The average Bonchev–Trinajstić information content (AvgIpc) is 2.14. The molecule has 0 bridgehead atoms. The van der Waals surface area contributed by atoms with E-state index in [9.17, 15) is 0 Å². The molecule has 0 atom stereocenters. The first-order valence-corrected chi connectivity index (χ1v) is 5.85. The van der Waals surface area contributed by atoms with Gasteiger partial charge in [0.25, 0.3) is 0 Å². The van der Waals surface area contributed by atoms with Gasteiger partial charge in [0.15, 0.2) is 0 Å². The van der Waals surface area contributed by atoms with Gasteiger partial charge >= 0.3 is 0 Å². The van der Waals surface area contributed by atoms with Crippen molar-refractivity contribution in [1.82, 2.24) is 15.0 Å². The first kappa shape index (κ1) is 13.4. The SMILES string of the molecule is CC(C)=CCNc1nc(N)nc(CC(C)C)n1. The van der Waals surface area contributed by atoms with Gasteiger partial charge in [0.1, 0.15) is 5.82 Å². The van der Waals surface area contributed by atoms with Gasteiger partial charge in [-0.3, -0.25) is 0 Å². The molecular formula is C12H21N5. The van der Waals surface area contributed by atoms with Crippen molar-refractivity contribution >= 4 is 11.9 Å². The predicted molar refractivity (Wildman–Crippen MR) is 70.7 cm³/mol. The molecule has 0 aliphatic rings.